The summed E-state index contributed by atoms with van der Waals surface area (Å²) in [7, 11) is 0. The molecule has 0 saturated carbocycles. The number of carbonyl (C=O) groups is 2. The second kappa shape index (κ2) is 6.78. The molecule has 1 rings (SSSR count). The molecule has 2 N–H and O–H groups in total. The molecule has 0 aromatic heterocycles. The molecule has 1 aliphatic rings. The molecule has 4 atom stereocenters. The maximum Gasteiger partial charge on any atom is 0.326 e. The molecule has 1 fully saturated rings. The van der Waals surface area contributed by atoms with Crippen LogP contribution in [-0.2, 0) is 4.79 Å². The Balaban J connectivity index is 2.73. The van der Waals surface area contributed by atoms with Crippen molar-refractivity contribution in [3.05, 3.63) is 0 Å². The minimum atomic E-state index is -0.956. The van der Waals surface area contributed by atoms with Gasteiger partial charge in [-0.1, -0.05) is 27.2 Å². The topological polar surface area (TPSA) is 69.6 Å². The first kappa shape index (κ1) is 15.8. The lowest BCUT2D eigenvalue weighted by molar-refractivity contribution is -0.140. The van der Waals surface area contributed by atoms with Crippen molar-refractivity contribution in [1.82, 2.24) is 10.2 Å². The lowest BCUT2D eigenvalue weighted by Gasteiger charge is -2.30. The van der Waals surface area contributed by atoms with Gasteiger partial charge in [-0.25, -0.2) is 9.59 Å². The number of likely N-dealkylation sites (tertiary alicyclic amines) is 1. The molecular formula is C14H26N2O3. The SMILES string of the molecule is CCC(C)[C@H](NC(=O)N1C(C)CCC1CC)C(=O)O. The smallest absolute Gasteiger partial charge is 0.326 e. The Kier molecular flexibility index (Phi) is 5.63. The highest BCUT2D eigenvalue weighted by atomic mass is 16.4. The van der Waals surface area contributed by atoms with Gasteiger partial charge < -0.3 is 15.3 Å². The number of carbonyl (C=O) groups excluding carboxylic acids is 1. The van der Waals surface area contributed by atoms with Crippen LogP contribution >= 0.6 is 0 Å². The highest BCUT2D eigenvalue weighted by molar-refractivity contribution is 5.83. The summed E-state index contributed by atoms with van der Waals surface area (Å²) in [5.74, 6) is -1.03. The first-order valence-corrected chi connectivity index (χ1v) is 7.23. The summed E-state index contributed by atoms with van der Waals surface area (Å²) in [6.45, 7) is 7.87. The summed E-state index contributed by atoms with van der Waals surface area (Å²) in [6.07, 6.45) is 3.64. The molecule has 0 aromatic carbocycles. The fourth-order valence-corrected chi connectivity index (χ4v) is 2.73. The van der Waals surface area contributed by atoms with E-state index in [1.807, 2.05) is 25.7 Å². The van der Waals surface area contributed by atoms with E-state index in [1.54, 1.807) is 0 Å². The van der Waals surface area contributed by atoms with Crippen molar-refractivity contribution in [2.45, 2.75) is 71.5 Å². The summed E-state index contributed by atoms with van der Waals surface area (Å²) in [5.41, 5.74) is 0. The Morgan fingerprint density at radius 2 is 2.00 bits per heavy atom. The summed E-state index contributed by atoms with van der Waals surface area (Å²) in [5, 5.41) is 11.9. The first-order valence-electron chi connectivity index (χ1n) is 7.23. The average Bonchev–Trinajstić information content (AvgIpc) is 2.75. The minimum Gasteiger partial charge on any atom is -0.480 e. The lowest BCUT2D eigenvalue weighted by atomic mass is 9.99. The Bertz CT molecular complexity index is 333. The van der Waals surface area contributed by atoms with Crippen LogP contribution in [0.2, 0.25) is 0 Å². The van der Waals surface area contributed by atoms with Crippen LogP contribution in [0.15, 0.2) is 0 Å². The Morgan fingerprint density at radius 1 is 1.37 bits per heavy atom. The molecule has 1 heterocycles. The molecule has 3 unspecified atom stereocenters. The van der Waals surface area contributed by atoms with Gasteiger partial charge in [0.25, 0.3) is 0 Å². The number of urea groups is 1. The van der Waals surface area contributed by atoms with Crippen LogP contribution in [0.5, 0.6) is 0 Å². The molecule has 1 aliphatic heterocycles. The highest BCUT2D eigenvalue weighted by Crippen LogP contribution is 2.26. The number of rotatable bonds is 5. The second-order valence-electron chi connectivity index (χ2n) is 5.55. The molecule has 0 aliphatic carbocycles. The van der Waals surface area contributed by atoms with Crippen LogP contribution in [0.3, 0.4) is 0 Å². The van der Waals surface area contributed by atoms with Crippen LogP contribution in [0.1, 0.15) is 53.4 Å². The monoisotopic (exact) mass is 270 g/mol. The number of amides is 2. The third-order valence-corrected chi connectivity index (χ3v) is 4.25. The Labute approximate surface area is 115 Å². The minimum absolute atomic E-state index is 0.0700. The van der Waals surface area contributed by atoms with Gasteiger partial charge in [-0.05, 0) is 32.1 Å². The summed E-state index contributed by atoms with van der Waals surface area (Å²) in [6, 6.07) is -0.606. The molecule has 0 radical (unpaired) electrons. The molecule has 19 heavy (non-hydrogen) atoms. The second-order valence-corrected chi connectivity index (χ2v) is 5.55. The van der Waals surface area contributed by atoms with Crippen molar-refractivity contribution >= 4 is 12.0 Å². The van der Waals surface area contributed by atoms with Crippen LogP contribution < -0.4 is 5.32 Å². The van der Waals surface area contributed by atoms with Crippen LogP contribution in [0, 0.1) is 5.92 Å². The zero-order chi connectivity index (χ0) is 14.6. The number of nitrogens with zero attached hydrogens (tertiary/aromatic N) is 1. The zero-order valence-corrected chi connectivity index (χ0v) is 12.3. The van der Waals surface area contributed by atoms with E-state index in [4.69, 9.17) is 0 Å². The van der Waals surface area contributed by atoms with Gasteiger partial charge in [0.1, 0.15) is 6.04 Å². The number of carboxylic acids is 1. The summed E-state index contributed by atoms with van der Waals surface area (Å²) in [4.78, 5) is 25.4. The van der Waals surface area contributed by atoms with Gasteiger partial charge in [0.15, 0.2) is 0 Å². The molecule has 0 aromatic rings. The Morgan fingerprint density at radius 3 is 2.47 bits per heavy atom. The standard InChI is InChI=1S/C14H26N2O3/c1-5-9(3)12(13(17)18)15-14(19)16-10(4)7-8-11(16)6-2/h9-12H,5-8H2,1-4H3,(H,15,19)(H,17,18)/t9?,10?,11?,12-/m0/s1. The van der Waals surface area contributed by atoms with E-state index in [0.29, 0.717) is 0 Å². The fourth-order valence-electron chi connectivity index (χ4n) is 2.73. The highest BCUT2D eigenvalue weighted by Gasteiger charge is 2.35. The molecule has 0 bridgehead atoms. The van der Waals surface area contributed by atoms with Crippen molar-refractivity contribution < 1.29 is 14.7 Å². The van der Waals surface area contributed by atoms with Gasteiger partial charge in [0.2, 0.25) is 0 Å². The van der Waals surface area contributed by atoms with E-state index < -0.39 is 12.0 Å². The number of hydrogen-bond donors (Lipinski definition) is 2. The molecule has 110 valence electrons. The van der Waals surface area contributed by atoms with Gasteiger partial charge in [0, 0.05) is 12.1 Å². The third-order valence-electron chi connectivity index (χ3n) is 4.25. The fraction of sp³-hybridized carbons (Fsp3) is 0.857. The van der Waals surface area contributed by atoms with E-state index in [-0.39, 0.29) is 24.0 Å². The predicted molar refractivity (Wildman–Crippen MR) is 74.0 cm³/mol. The predicted octanol–water partition coefficient (Wildman–Crippen LogP) is 2.46. The van der Waals surface area contributed by atoms with Crippen molar-refractivity contribution in [2.75, 3.05) is 0 Å². The van der Waals surface area contributed by atoms with E-state index in [0.717, 1.165) is 25.7 Å². The quantitative estimate of drug-likeness (QED) is 0.806. The molecule has 0 spiro atoms. The van der Waals surface area contributed by atoms with E-state index in [2.05, 4.69) is 12.2 Å². The van der Waals surface area contributed by atoms with Gasteiger partial charge in [-0.15, -0.1) is 0 Å². The molecule has 5 nitrogen and oxygen atoms in total. The molecule has 5 heteroatoms. The van der Waals surface area contributed by atoms with Gasteiger partial charge >= 0.3 is 12.0 Å². The number of carboxylic acid groups (broad SMARTS) is 1. The molecule has 1 saturated heterocycles. The summed E-state index contributed by atoms with van der Waals surface area (Å²) < 4.78 is 0. The van der Waals surface area contributed by atoms with E-state index in [1.165, 1.54) is 0 Å². The number of hydrogen-bond acceptors (Lipinski definition) is 2. The van der Waals surface area contributed by atoms with Crippen molar-refractivity contribution in [1.29, 1.82) is 0 Å². The maximum absolute atomic E-state index is 12.3. The van der Waals surface area contributed by atoms with Crippen molar-refractivity contribution in [2.24, 2.45) is 5.92 Å². The molecular weight excluding hydrogens is 244 g/mol. The van der Waals surface area contributed by atoms with E-state index >= 15 is 0 Å². The zero-order valence-electron chi connectivity index (χ0n) is 12.3. The lowest BCUT2D eigenvalue weighted by Crippen LogP contribution is -2.53. The van der Waals surface area contributed by atoms with Crippen LogP contribution in [0.4, 0.5) is 4.79 Å². The normalized spacial score (nSPS) is 26.0. The van der Waals surface area contributed by atoms with Gasteiger partial charge in [-0.3, -0.25) is 0 Å². The average molecular weight is 270 g/mol. The third kappa shape index (κ3) is 3.61. The largest absolute Gasteiger partial charge is 0.480 e. The number of nitrogens with one attached hydrogen (secondary N) is 1. The summed E-state index contributed by atoms with van der Waals surface area (Å²) >= 11 is 0. The van der Waals surface area contributed by atoms with E-state index in [9.17, 15) is 14.7 Å². The maximum atomic E-state index is 12.3. The van der Waals surface area contributed by atoms with Gasteiger partial charge in [-0.2, -0.15) is 0 Å². The van der Waals surface area contributed by atoms with Crippen molar-refractivity contribution in [3.8, 4) is 0 Å². The van der Waals surface area contributed by atoms with Gasteiger partial charge in [0.05, 0.1) is 0 Å². The molecule has 2 amide bonds. The Hall–Kier alpha value is -1.26. The van der Waals surface area contributed by atoms with Crippen LogP contribution in [0.25, 0.3) is 0 Å². The number of aliphatic carboxylic acids is 1. The first-order chi connectivity index (χ1) is 8.92. The van der Waals surface area contributed by atoms with Crippen molar-refractivity contribution in [3.63, 3.8) is 0 Å². The van der Waals surface area contributed by atoms with Crippen LogP contribution in [-0.4, -0.2) is 40.1 Å².